The molecular formula is C14H11ClO. The van der Waals surface area contributed by atoms with Crippen LogP contribution >= 0.6 is 11.6 Å². The second-order valence-corrected chi connectivity index (χ2v) is 3.86. The van der Waals surface area contributed by atoms with Gasteiger partial charge in [0.05, 0.1) is 0 Å². The first-order valence-corrected chi connectivity index (χ1v) is 5.35. The minimum Gasteiger partial charge on any atom is -0.508 e. The molecule has 0 bridgehead atoms. The number of halogens is 1. The fraction of sp³-hybridized carbons (Fsp3) is 0. The molecule has 0 aliphatic rings. The molecule has 0 fully saturated rings. The summed E-state index contributed by atoms with van der Waals surface area (Å²) in [4.78, 5) is 0. The van der Waals surface area contributed by atoms with Crippen molar-refractivity contribution in [2.24, 2.45) is 0 Å². The molecule has 0 radical (unpaired) electrons. The van der Waals surface area contributed by atoms with Crippen molar-refractivity contribution in [3.05, 3.63) is 64.7 Å². The van der Waals surface area contributed by atoms with Gasteiger partial charge in [-0.2, -0.15) is 0 Å². The molecule has 0 saturated heterocycles. The standard InChI is InChI=1S/C14H11ClO/c15-14-7-2-1-5-12(14)9-8-11-4-3-6-13(16)10-11/h1-10,16H. The Morgan fingerprint density at radius 3 is 2.50 bits per heavy atom. The summed E-state index contributed by atoms with van der Waals surface area (Å²) in [5.41, 5.74) is 1.91. The zero-order valence-electron chi connectivity index (χ0n) is 8.60. The average Bonchev–Trinajstić information content (AvgIpc) is 2.28. The highest BCUT2D eigenvalue weighted by atomic mass is 35.5. The van der Waals surface area contributed by atoms with Gasteiger partial charge in [0.1, 0.15) is 5.75 Å². The first kappa shape index (κ1) is 10.8. The molecule has 0 aliphatic carbocycles. The third-order valence-electron chi connectivity index (χ3n) is 2.23. The molecule has 0 atom stereocenters. The normalized spacial score (nSPS) is 10.8. The molecule has 0 saturated carbocycles. The first-order chi connectivity index (χ1) is 7.75. The number of rotatable bonds is 2. The molecule has 16 heavy (non-hydrogen) atoms. The van der Waals surface area contributed by atoms with Crippen molar-refractivity contribution in [1.82, 2.24) is 0 Å². The Morgan fingerprint density at radius 1 is 0.938 bits per heavy atom. The fourth-order valence-electron chi connectivity index (χ4n) is 1.42. The highest BCUT2D eigenvalue weighted by Crippen LogP contribution is 2.19. The van der Waals surface area contributed by atoms with Crippen molar-refractivity contribution in [1.29, 1.82) is 0 Å². The lowest BCUT2D eigenvalue weighted by atomic mass is 10.1. The third kappa shape index (κ3) is 2.65. The Morgan fingerprint density at radius 2 is 1.75 bits per heavy atom. The van der Waals surface area contributed by atoms with Gasteiger partial charge in [0.15, 0.2) is 0 Å². The Bertz CT molecular complexity index is 518. The summed E-state index contributed by atoms with van der Waals surface area (Å²) in [5, 5.41) is 10.0. The Kier molecular flexibility index (Phi) is 3.28. The van der Waals surface area contributed by atoms with E-state index in [9.17, 15) is 5.11 Å². The molecule has 2 heteroatoms. The van der Waals surface area contributed by atoms with Crippen LogP contribution in [0.3, 0.4) is 0 Å². The summed E-state index contributed by atoms with van der Waals surface area (Å²) in [6.07, 6.45) is 3.85. The van der Waals surface area contributed by atoms with Crippen molar-refractivity contribution < 1.29 is 5.11 Å². The van der Waals surface area contributed by atoms with Crippen molar-refractivity contribution in [3.8, 4) is 5.75 Å². The summed E-state index contributed by atoms with van der Waals surface area (Å²) in [6.45, 7) is 0. The predicted molar refractivity (Wildman–Crippen MR) is 68.5 cm³/mol. The van der Waals surface area contributed by atoms with Gasteiger partial charge in [0.25, 0.3) is 0 Å². The van der Waals surface area contributed by atoms with E-state index >= 15 is 0 Å². The summed E-state index contributed by atoms with van der Waals surface area (Å²) >= 11 is 6.02. The molecule has 1 nitrogen and oxygen atoms in total. The predicted octanol–water partition coefficient (Wildman–Crippen LogP) is 4.22. The molecule has 1 N–H and O–H groups in total. The number of benzene rings is 2. The molecule has 0 amide bonds. The maximum absolute atomic E-state index is 9.30. The number of hydrogen-bond donors (Lipinski definition) is 1. The average molecular weight is 231 g/mol. The largest absolute Gasteiger partial charge is 0.508 e. The van der Waals surface area contributed by atoms with Gasteiger partial charge in [-0.15, -0.1) is 0 Å². The number of aromatic hydroxyl groups is 1. The SMILES string of the molecule is Oc1cccc(C=Cc2ccccc2Cl)c1. The van der Waals surface area contributed by atoms with Crippen LogP contribution in [-0.2, 0) is 0 Å². The molecule has 80 valence electrons. The van der Waals surface area contributed by atoms with Crippen molar-refractivity contribution in [2.45, 2.75) is 0 Å². The molecule has 0 heterocycles. The second kappa shape index (κ2) is 4.86. The number of hydrogen-bond acceptors (Lipinski definition) is 1. The van der Waals surface area contributed by atoms with Gasteiger partial charge in [-0.25, -0.2) is 0 Å². The van der Waals surface area contributed by atoms with Crippen molar-refractivity contribution in [2.75, 3.05) is 0 Å². The van der Waals surface area contributed by atoms with Crippen LogP contribution in [0.15, 0.2) is 48.5 Å². The number of phenols is 1. The van der Waals surface area contributed by atoms with Crippen LogP contribution in [0, 0.1) is 0 Å². The van der Waals surface area contributed by atoms with Crippen LogP contribution in [0.5, 0.6) is 5.75 Å². The smallest absolute Gasteiger partial charge is 0.116 e. The van der Waals surface area contributed by atoms with Crippen LogP contribution in [0.4, 0.5) is 0 Å². The van der Waals surface area contributed by atoms with Gasteiger partial charge < -0.3 is 5.11 Å². The Hall–Kier alpha value is -1.73. The van der Waals surface area contributed by atoms with Crippen molar-refractivity contribution >= 4 is 23.8 Å². The maximum atomic E-state index is 9.30. The molecule has 0 spiro atoms. The van der Waals surface area contributed by atoms with E-state index in [0.29, 0.717) is 0 Å². The van der Waals surface area contributed by atoms with Gasteiger partial charge in [-0.05, 0) is 29.3 Å². The topological polar surface area (TPSA) is 20.2 Å². The molecule has 0 unspecified atom stereocenters. The quantitative estimate of drug-likeness (QED) is 0.766. The van der Waals surface area contributed by atoms with Crippen LogP contribution in [-0.4, -0.2) is 5.11 Å². The lowest BCUT2D eigenvalue weighted by Crippen LogP contribution is -1.74. The van der Waals surface area contributed by atoms with E-state index in [-0.39, 0.29) is 5.75 Å². The summed E-state index contributed by atoms with van der Waals surface area (Å²) in [6, 6.07) is 14.7. The minimum atomic E-state index is 0.265. The van der Waals surface area contributed by atoms with E-state index in [2.05, 4.69) is 0 Å². The van der Waals surface area contributed by atoms with E-state index in [1.807, 2.05) is 48.6 Å². The van der Waals surface area contributed by atoms with E-state index in [1.165, 1.54) is 0 Å². The zero-order valence-corrected chi connectivity index (χ0v) is 9.35. The van der Waals surface area contributed by atoms with Crippen LogP contribution < -0.4 is 0 Å². The molecule has 2 aromatic rings. The van der Waals surface area contributed by atoms with Gasteiger partial charge in [-0.1, -0.05) is 54.1 Å². The Labute approximate surface area is 99.6 Å². The van der Waals surface area contributed by atoms with Gasteiger partial charge >= 0.3 is 0 Å². The molecular weight excluding hydrogens is 220 g/mol. The highest BCUT2D eigenvalue weighted by Gasteiger charge is 1.94. The molecule has 0 aliphatic heterocycles. The lowest BCUT2D eigenvalue weighted by Gasteiger charge is -1.97. The van der Waals surface area contributed by atoms with Gasteiger partial charge in [-0.3, -0.25) is 0 Å². The highest BCUT2D eigenvalue weighted by molar-refractivity contribution is 6.32. The molecule has 2 aromatic carbocycles. The lowest BCUT2D eigenvalue weighted by molar-refractivity contribution is 0.475. The van der Waals surface area contributed by atoms with E-state index in [0.717, 1.165) is 16.1 Å². The summed E-state index contributed by atoms with van der Waals surface area (Å²) in [5.74, 6) is 0.265. The zero-order chi connectivity index (χ0) is 11.4. The van der Waals surface area contributed by atoms with E-state index < -0.39 is 0 Å². The maximum Gasteiger partial charge on any atom is 0.116 e. The first-order valence-electron chi connectivity index (χ1n) is 4.97. The van der Waals surface area contributed by atoms with E-state index in [1.54, 1.807) is 12.1 Å². The monoisotopic (exact) mass is 230 g/mol. The summed E-state index contributed by atoms with van der Waals surface area (Å²) < 4.78 is 0. The van der Waals surface area contributed by atoms with E-state index in [4.69, 9.17) is 11.6 Å². The third-order valence-corrected chi connectivity index (χ3v) is 2.57. The van der Waals surface area contributed by atoms with Crippen LogP contribution in [0.2, 0.25) is 5.02 Å². The molecule has 0 aromatic heterocycles. The molecule has 2 rings (SSSR count). The Balaban J connectivity index is 2.25. The van der Waals surface area contributed by atoms with Crippen molar-refractivity contribution in [3.63, 3.8) is 0 Å². The number of phenolic OH excluding ortho intramolecular Hbond substituents is 1. The minimum absolute atomic E-state index is 0.265. The summed E-state index contributed by atoms with van der Waals surface area (Å²) in [7, 11) is 0. The van der Waals surface area contributed by atoms with Crippen LogP contribution in [0.25, 0.3) is 12.2 Å². The van der Waals surface area contributed by atoms with Gasteiger partial charge in [0, 0.05) is 5.02 Å². The second-order valence-electron chi connectivity index (χ2n) is 3.45. The van der Waals surface area contributed by atoms with Crippen LogP contribution in [0.1, 0.15) is 11.1 Å². The fourth-order valence-corrected chi connectivity index (χ4v) is 1.62. The van der Waals surface area contributed by atoms with Gasteiger partial charge in [0.2, 0.25) is 0 Å².